The predicted molar refractivity (Wildman–Crippen MR) is 67.9 cm³/mol. The zero-order valence-electron chi connectivity index (χ0n) is 11.1. The highest BCUT2D eigenvalue weighted by Crippen LogP contribution is 2.01. The van der Waals surface area contributed by atoms with Gasteiger partial charge in [-0.3, -0.25) is 9.48 Å². The lowest BCUT2D eigenvalue weighted by Gasteiger charge is -2.12. The molecule has 0 aliphatic heterocycles. The van der Waals surface area contributed by atoms with Crippen molar-refractivity contribution in [2.75, 3.05) is 13.7 Å². The molecular formula is C12H19N3O4. The van der Waals surface area contributed by atoms with Crippen LogP contribution in [-0.4, -0.2) is 46.5 Å². The minimum absolute atomic E-state index is 0.207. The van der Waals surface area contributed by atoms with E-state index in [9.17, 15) is 9.59 Å². The zero-order chi connectivity index (χ0) is 14.3. The van der Waals surface area contributed by atoms with E-state index in [2.05, 4.69) is 10.4 Å². The van der Waals surface area contributed by atoms with Crippen molar-refractivity contribution in [3.8, 4) is 0 Å². The fourth-order valence-corrected chi connectivity index (χ4v) is 1.57. The van der Waals surface area contributed by atoms with Crippen LogP contribution in [0.2, 0.25) is 0 Å². The van der Waals surface area contributed by atoms with Crippen LogP contribution in [0, 0.1) is 0 Å². The van der Waals surface area contributed by atoms with E-state index in [1.807, 2.05) is 6.92 Å². The fourth-order valence-electron chi connectivity index (χ4n) is 1.57. The molecule has 0 fully saturated rings. The molecule has 0 saturated heterocycles. The van der Waals surface area contributed by atoms with Crippen LogP contribution < -0.4 is 5.32 Å². The van der Waals surface area contributed by atoms with E-state index in [1.54, 1.807) is 24.1 Å². The molecule has 0 aromatic carbocycles. The largest absolute Gasteiger partial charge is 0.480 e. The van der Waals surface area contributed by atoms with E-state index in [4.69, 9.17) is 9.84 Å². The highest BCUT2D eigenvalue weighted by atomic mass is 16.5. The van der Waals surface area contributed by atoms with Gasteiger partial charge in [0.25, 0.3) is 5.91 Å². The van der Waals surface area contributed by atoms with Gasteiger partial charge in [-0.2, -0.15) is 5.10 Å². The van der Waals surface area contributed by atoms with Crippen LogP contribution in [-0.2, 0) is 16.1 Å². The van der Waals surface area contributed by atoms with E-state index >= 15 is 0 Å². The molecule has 1 rings (SSSR count). The van der Waals surface area contributed by atoms with Gasteiger partial charge in [0.05, 0.1) is 13.2 Å². The topological polar surface area (TPSA) is 93.5 Å². The van der Waals surface area contributed by atoms with Crippen molar-refractivity contribution >= 4 is 11.9 Å². The summed E-state index contributed by atoms with van der Waals surface area (Å²) in [4.78, 5) is 22.8. The number of hydrogen-bond acceptors (Lipinski definition) is 4. The minimum Gasteiger partial charge on any atom is -0.480 e. The Balaban J connectivity index is 2.61. The van der Waals surface area contributed by atoms with Crippen molar-refractivity contribution in [2.24, 2.45) is 0 Å². The molecule has 1 amide bonds. The summed E-state index contributed by atoms with van der Waals surface area (Å²) in [6.07, 6.45) is 2.73. The van der Waals surface area contributed by atoms with E-state index in [1.165, 1.54) is 0 Å². The number of carboxylic acid groups (broad SMARTS) is 1. The van der Waals surface area contributed by atoms with E-state index in [0.717, 1.165) is 0 Å². The maximum absolute atomic E-state index is 11.8. The summed E-state index contributed by atoms with van der Waals surface area (Å²) < 4.78 is 6.48. The number of hydrogen-bond donors (Lipinski definition) is 2. The van der Waals surface area contributed by atoms with Gasteiger partial charge in [0, 0.05) is 13.3 Å². The zero-order valence-corrected chi connectivity index (χ0v) is 11.1. The molecule has 0 aliphatic rings. The Morgan fingerprint density at radius 3 is 2.89 bits per heavy atom. The molecular weight excluding hydrogens is 250 g/mol. The third kappa shape index (κ3) is 4.70. The second kappa shape index (κ2) is 7.52. The summed E-state index contributed by atoms with van der Waals surface area (Å²) in [7, 11) is 1.58. The number of carbonyl (C=O) groups excluding carboxylic acids is 1. The van der Waals surface area contributed by atoms with Crippen molar-refractivity contribution in [1.82, 2.24) is 15.1 Å². The second-order valence-electron chi connectivity index (χ2n) is 4.11. The maximum Gasteiger partial charge on any atom is 0.326 e. The highest BCUT2D eigenvalue weighted by Gasteiger charge is 2.20. The van der Waals surface area contributed by atoms with Crippen molar-refractivity contribution < 1.29 is 19.4 Å². The van der Waals surface area contributed by atoms with Gasteiger partial charge < -0.3 is 15.2 Å². The number of carboxylic acids is 1. The van der Waals surface area contributed by atoms with Crippen molar-refractivity contribution in [1.29, 1.82) is 0 Å². The molecule has 7 nitrogen and oxygen atoms in total. The Hall–Kier alpha value is -1.89. The number of methoxy groups -OCH3 is 1. The van der Waals surface area contributed by atoms with Crippen LogP contribution >= 0.6 is 0 Å². The molecule has 106 valence electrons. The Morgan fingerprint density at radius 2 is 2.32 bits per heavy atom. The molecule has 0 radical (unpaired) electrons. The van der Waals surface area contributed by atoms with Gasteiger partial charge in [0.2, 0.25) is 0 Å². The Bertz CT molecular complexity index is 430. The van der Waals surface area contributed by atoms with Gasteiger partial charge in [0.1, 0.15) is 11.7 Å². The third-order valence-electron chi connectivity index (χ3n) is 2.58. The van der Waals surface area contributed by atoms with Crippen LogP contribution in [0.5, 0.6) is 0 Å². The molecule has 7 heteroatoms. The summed E-state index contributed by atoms with van der Waals surface area (Å²) in [6, 6.07) is 0.678. The number of nitrogens with one attached hydrogen (secondary N) is 1. The number of amides is 1. The van der Waals surface area contributed by atoms with Gasteiger partial charge in [-0.25, -0.2) is 4.79 Å². The molecule has 1 atom stereocenters. The minimum atomic E-state index is -1.03. The van der Waals surface area contributed by atoms with Crippen LogP contribution in [0.4, 0.5) is 0 Å². The maximum atomic E-state index is 11.8. The first kappa shape index (κ1) is 15.2. The standard InChI is InChI=1S/C12H19N3O4/c1-3-4-10(12(17)18)13-11(16)9-5-6-15(14-9)7-8-19-2/h5-6,10H,3-4,7-8H2,1-2H3,(H,13,16)(H,17,18). The molecule has 1 unspecified atom stereocenters. The van der Waals surface area contributed by atoms with Crippen molar-refractivity contribution in [2.45, 2.75) is 32.4 Å². The lowest BCUT2D eigenvalue weighted by Crippen LogP contribution is -2.40. The molecule has 0 spiro atoms. The van der Waals surface area contributed by atoms with Gasteiger partial charge in [-0.1, -0.05) is 13.3 Å². The van der Waals surface area contributed by atoms with E-state index in [-0.39, 0.29) is 5.69 Å². The number of aliphatic carboxylic acids is 1. The average Bonchev–Trinajstić information content (AvgIpc) is 2.84. The SMILES string of the molecule is CCCC(NC(=O)c1ccn(CCOC)n1)C(=O)O. The summed E-state index contributed by atoms with van der Waals surface area (Å²) in [5.41, 5.74) is 0.207. The quantitative estimate of drug-likeness (QED) is 0.717. The molecule has 0 aliphatic carbocycles. The first-order valence-corrected chi connectivity index (χ1v) is 6.14. The Labute approximate surface area is 111 Å². The van der Waals surface area contributed by atoms with Gasteiger partial charge in [0.15, 0.2) is 0 Å². The first-order chi connectivity index (χ1) is 9.08. The number of nitrogens with zero attached hydrogens (tertiary/aromatic N) is 2. The van der Waals surface area contributed by atoms with Crippen LogP contribution in [0.15, 0.2) is 12.3 Å². The van der Waals surface area contributed by atoms with Gasteiger partial charge >= 0.3 is 5.97 Å². The molecule has 19 heavy (non-hydrogen) atoms. The van der Waals surface area contributed by atoms with Crippen molar-refractivity contribution in [3.63, 3.8) is 0 Å². The summed E-state index contributed by atoms with van der Waals surface area (Å²) in [5.74, 6) is -1.51. The molecule has 1 aromatic rings. The van der Waals surface area contributed by atoms with Crippen LogP contribution in [0.25, 0.3) is 0 Å². The van der Waals surface area contributed by atoms with E-state index < -0.39 is 17.9 Å². The van der Waals surface area contributed by atoms with Gasteiger partial charge in [-0.15, -0.1) is 0 Å². The highest BCUT2D eigenvalue weighted by molar-refractivity contribution is 5.94. The predicted octanol–water partition coefficient (Wildman–Crippen LogP) is 0.513. The van der Waals surface area contributed by atoms with Crippen LogP contribution in [0.1, 0.15) is 30.3 Å². The Morgan fingerprint density at radius 1 is 1.58 bits per heavy atom. The fraction of sp³-hybridized carbons (Fsp3) is 0.583. The number of carbonyl (C=O) groups is 2. The number of aromatic nitrogens is 2. The average molecular weight is 269 g/mol. The summed E-state index contributed by atoms with van der Waals surface area (Å²) >= 11 is 0. The number of ether oxygens (including phenoxy) is 1. The normalized spacial score (nSPS) is 12.1. The smallest absolute Gasteiger partial charge is 0.326 e. The number of rotatable bonds is 8. The van der Waals surface area contributed by atoms with Crippen molar-refractivity contribution in [3.05, 3.63) is 18.0 Å². The lowest BCUT2D eigenvalue weighted by molar-refractivity contribution is -0.139. The lowest BCUT2D eigenvalue weighted by atomic mass is 10.1. The van der Waals surface area contributed by atoms with Gasteiger partial charge in [-0.05, 0) is 12.5 Å². The van der Waals surface area contributed by atoms with E-state index in [0.29, 0.717) is 26.0 Å². The summed E-state index contributed by atoms with van der Waals surface area (Å²) in [5, 5.41) is 15.5. The molecule has 2 N–H and O–H groups in total. The molecule has 1 heterocycles. The second-order valence-corrected chi connectivity index (χ2v) is 4.11. The third-order valence-corrected chi connectivity index (χ3v) is 2.58. The molecule has 1 aromatic heterocycles. The molecule has 0 bridgehead atoms. The first-order valence-electron chi connectivity index (χ1n) is 6.14. The monoisotopic (exact) mass is 269 g/mol. The van der Waals surface area contributed by atoms with Crippen LogP contribution in [0.3, 0.4) is 0 Å². The summed E-state index contributed by atoms with van der Waals surface area (Å²) in [6.45, 7) is 2.90. The Kier molecular flexibility index (Phi) is 6.01. The molecule has 0 saturated carbocycles.